The molecule has 5 nitrogen and oxygen atoms in total. The second kappa shape index (κ2) is 9.29. The number of nitro groups is 1. The van der Waals surface area contributed by atoms with Gasteiger partial charge in [-0.3, -0.25) is 15.0 Å². The normalized spacial score (nSPS) is 15.9. The maximum absolute atomic E-state index is 13.4. The molecule has 0 bridgehead atoms. The molecule has 0 unspecified atom stereocenters. The molecule has 1 N–H and O–H groups in total. The van der Waals surface area contributed by atoms with Crippen LogP contribution >= 0.6 is 36.2 Å². The van der Waals surface area contributed by atoms with Gasteiger partial charge < -0.3 is 5.32 Å². The monoisotopic (exact) mass is 393 g/mol. The van der Waals surface area contributed by atoms with E-state index in [9.17, 15) is 14.5 Å². The molecule has 1 atom stereocenters. The molecule has 1 aliphatic rings. The second-order valence-corrected chi connectivity index (χ2v) is 6.14. The number of piperazine rings is 1. The number of hydrogen-bond donors (Lipinski definition) is 1. The molecule has 3 rings (SSSR count). The molecule has 1 aliphatic heterocycles. The molecule has 9 heteroatoms. The van der Waals surface area contributed by atoms with E-state index in [1.165, 1.54) is 6.07 Å². The summed E-state index contributed by atoms with van der Waals surface area (Å²) >= 11 is 1.57. The fourth-order valence-electron chi connectivity index (χ4n) is 2.82. The zero-order valence-electron chi connectivity index (χ0n) is 12.7. The van der Waals surface area contributed by atoms with E-state index in [4.69, 9.17) is 0 Å². The first-order valence-corrected chi connectivity index (χ1v) is 7.97. The van der Waals surface area contributed by atoms with Crippen molar-refractivity contribution in [2.45, 2.75) is 6.04 Å². The molecule has 1 aromatic carbocycles. The van der Waals surface area contributed by atoms with Crippen LogP contribution in [0.3, 0.4) is 0 Å². The van der Waals surface area contributed by atoms with Gasteiger partial charge in [-0.2, -0.15) is 0 Å². The number of rotatable bonds is 4. The van der Waals surface area contributed by atoms with Crippen LogP contribution in [0.15, 0.2) is 35.7 Å². The Labute approximate surface area is 155 Å². The molecule has 0 aliphatic carbocycles. The maximum Gasteiger partial charge on any atom is 0.277 e. The summed E-state index contributed by atoms with van der Waals surface area (Å²) in [7, 11) is 0. The van der Waals surface area contributed by atoms with Crippen molar-refractivity contribution in [3.8, 4) is 0 Å². The highest BCUT2D eigenvalue weighted by atomic mass is 35.5. The summed E-state index contributed by atoms with van der Waals surface area (Å²) in [5.74, 6) is -0.583. The molecule has 1 saturated heterocycles. The van der Waals surface area contributed by atoms with Gasteiger partial charge in [0.2, 0.25) is 0 Å². The molecule has 0 amide bonds. The number of hydrogen-bond acceptors (Lipinski definition) is 5. The molecule has 0 radical (unpaired) electrons. The quantitative estimate of drug-likeness (QED) is 0.636. The van der Waals surface area contributed by atoms with Gasteiger partial charge in [-0.25, -0.2) is 4.39 Å². The van der Waals surface area contributed by atoms with Gasteiger partial charge in [0.15, 0.2) is 0 Å². The molecule has 0 spiro atoms. The van der Waals surface area contributed by atoms with E-state index in [0.29, 0.717) is 5.56 Å². The number of nitro benzene ring substituents is 1. The van der Waals surface area contributed by atoms with Gasteiger partial charge in [0.05, 0.1) is 22.6 Å². The van der Waals surface area contributed by atoms with Gasteiger partial charge in [0, 0.05) is 31.1 Å². The molecule has 0 saturated carbocycles. The molecule has 132 valence electrons. The first kappa shape index (κ1) is 20.8. The SMILES string of the molecule is Cl.Cl.O=[N+]([O-])c1cc(F)ccc1[C@H](c1cccs1)N1CCNCC1. The lowest BCUT2D eigenvalue weighted by Crippen LogP contribution is -2.45. The van der Waals surface area contributed by atoms with Crippen LogP contribution in [0.25, 0.3) is 0 Å². The van der Waals surface area contributed by atoms with Crippen molar-refractivity contribution in [2.75, 3.05) is 26.2 Å². The third-order valence-electron chi connectivity index (χ3n) is 3.81. The molecular weight excluding hydrogens is 376 g/mol. The minimum Gasteiger partial charge on any atom is -0.314 e. The smallest absolute Gasteiger partial charge is 0.277 e. The fourth-order valence-corrected chi connectivity index (χ4v) is 3.70. The van der Waals surface area contributed by atoms with Crippen LogP contribution in [0.1, 0.15) is 16.5 Å². The number of halogens is 3. The molecule has 2 heterocycles. The standard InChI is InChI=1S/C15H16FN3O2S.2ClH/c16-11-3-4-12(13(10-11)19(20)21)15(14-2-1-9-22-14)18-7-5-17-6-8-18;;/h1-4,9-10,15,17H,5-8H2;2*1H/t15-;;/m1../s1. The minimum atomic E-state index is -0.583. The van der Waals surface area contributed by atoms with Gasteiger partial charge in [0.25, 0.3) is 5.69 Å². The van der Waals surface area contributed by atoms with Crippen molar-refractivity contribution in [3.05, 3.63) is 62.1 Å². The number of nitrogens with zero attached hydrogens (tertiary/aromatic N) is 2. The van der Waals surface area contributed by atoms with Gasteiger partial charge in [-0.1, -0.05) is 6.07 Å². The predicted octanol–water partition coefficient (Wildman–Crippen LogP) is 3.63. The molecular formula is C15H18Cl2FN3O2S. The summed E-state index contributed by atoms with van der Waals surface area (Å²) in [6, 6.07) is 7.56. The van der Waals surface area contributed by atoms with E-state index >= 15 is 0 Å². The molecule has 2 aromatic rings. The van der Waals surface area contributed by atoms with E-state index in [1.807, 2.05) is 17.5 Å². The third kappa shape index (κ3) is 4.43. The van der Waals surface area contributed by atoms with Gasteiger partial charge >= 0.3 is 0 Å². The lowest BCUT2D eigenvalue weighted by molar-refractivity contribution is -0.386. The highest BCUT2D eigenvalue weighted by molar-refractivity contribution is 7.10. The Hall–Kier alpha value is -1.25. The molecule has 24 heavy (non-hydrogen) atoms. The average Bonchev–Trinajstić information content (AvgIpc) is 3.04. The summed E-state index contributed by atoms with van der Waals surface area (Å²) < 4.78 is 13.4. The zero-order valence-corrected chi connectivity index (χ0v) is 15.1. The Morgan fingerprint density at radius 3 is 2.54 bits per heavy atom. The minimum absolute atomic E-state index is 0. The van der Waals surface area contributed by atoms with Gasteiger partial charge in [-0.15, -0.1) is 36.2 Å². The van der Waals surface area contributed by atoms with Crippen LogP contribution in [0.4, 0.5) is 10.1 Å². The van der Waals surface area contributed by atoms with Crippen molar-refractivity contribution in [1.29, 1.82) is 0 Å². The summed E-state index contributed by atoms with van der Waals surface area (Å²) in [6.45, 7) is 3.29. The summed E-state index contributed by atoms with van der Waals surface area (Å²) in [6.07, 6.45) is 0. The Morgan fingerprint density at radius 2 is 1.96 bits per heavy atom. The highest BCUT2D eigenvalue weighted by Crippen LogP contribution is 2.37. The van der Waals surface area contributed by atoms with Crippen molar-refractivity contribution >= 4 is 41.8 Å². The Kier molecular flexibility index (Phi) is 8.05. The van der Waals surface area contributed by atoms with Crippen molar-refractivity contribution < 1.29 is 9.31 Å². The summed E-state index contributed by atoms with van der Waals surface area (Å²) in [5.41, 5.74) is 0.396. The fraction of sp³-hybridized carbons (Fsp3) is 0.333. The first-order chi connectivity index (χ1) is 10.7. The van der Waals surface area contributed by atoms with Crippen LogP contribution < -0.4 is 5.32 Å². The van der Waals surface area contributed by atoms with E-state index in [-0.39, 0.29) is 36.5 Å². The lowest BCUT2D eigenvalue weighted by Gasteiger charge is -2.34. The summed E-state index contributed by atoms with van der Waals surface area (Å²) in [4.78, 5) is 14.1. The van der Waals surface area contributed by atoms with E-state index in [2.05, 4.69) is 10.2 Å². The van der Waals surface area contributed by atoms with Crippen LogP contribution in [-0.4, -0.2) is 36.0 Å². The maximum atomic E-state index is 13.4. The van der Waals surface area contributed by atoms with E-state index in [1.54, 1.807) is 17.4 Å². The summed E-state index contributed by atoms with van der Waals surface area (Å²) in [5, 5.41) is 16.6. The van der Waals surface area contributed by atoms with Crippen LogP contribution in [0, 0.1) is 15.9 Å². The Bertz CT molecular complexity index is 667. The Morgan fingerprint density at radius 1 is 1.25 bits per heavy atom. The molecule has 1 aromatic heterocycles. The van der Waals surface area contributed by atoms with Crippen molar-refractivity contribution in [1.82, 2.24) is 10.2 Å². The van der Waals surface area contributed by atoms with Crippen LogP contribution in [0.5, 0.6) is 0 Å². The van der Waals surface area contributed by atoms with E-state index < -0.39 is 10.7 Å². The second-order valence-electron chi connectivity index (χ2n) is 5.16. The van der Waals surface area contributed by atoms with Gasteiger partial charge in [0.1, 0.15) is 5.82 Å². The predicted molar refractivity (Wildman–Crippen MR) is 98.2 cm³/mol. The molecule has 1 fully saturated rings. The number of thiophene rings is 1. The van der Waals surface area contributed by atoms with Crippen molar-refractivity contribution in [3.63, 3.8) is 0 Å². The zero-order chi connectivity index (χ0) is 15.5. The Balaban J connectivity index is 0.00000144. The van der Waals surface area contributed by atoms with Crippen molar-refractivity contribution in [2.24, 2.45) is 0 Å². The first-order valence-electron chi connectivity index (χ1n) is 7.09. The topological polar surface area (TPSA) is 58.4 Å². The lowest BCUT2D eigenvalue weighted by atomic mass is 10.0. The number of benzene rings is 1. The average molecular weight is 394 g/mol. The van der Waals surface area contributed by atoms with Crippen LogP contribution in [0.2, 0.25) is 0 Å². The van der Waals surface area contributed by atoms with Gasteiger partial charge in [-0.05, 0) is 23.6 Å². The van der Waals surface area contributed by atoms with E-state index in [0.717, 1.165) is 37.1 Å². The third-order valence-corrected chi connectivity index (χ3v) is 4.74. The largest absolute Gasteiger partial charge is 0.314 e. The number of nitrogens with one attached hydrogen (secondary N) is 1. The highest BCUT2D eigenvalue weighted by Gasteiger charge is 2.30. The van der Waals surface area contributed by atoms with Crippen LogP contribution in [-0.2, 0) is 0 Å².